The summed E-state index contributed by atoms with van der Waals surface area (Å²) in [6, 6.07) is 19.6. The van der Waals surface area contributed by atoms with Gasteiger partial charge in [0, 0.05) is 20.9 Å². The molecule has 10 nitrogen and oxygen atoms in total. The minimum absolute atomic E-state index is 0.187. The van der Waals surface area contributed by atoms with Crippen LogP contribution in [-0.4, -0.2) is 52.8 Å². The molecule has 0 spiro atoms. The Bertz CT molecular complexity index is 1360. The van der Waals surface area contributed by atoms with Gasteiger partial charge in [-0.2, -0.15) is 5.21 Å². The number of rotatable bonds is 12. The van der Waals surface area contributed by atoms with E-state index in [0.717, 1.165) is 28.2 Å². The lowest BCUT2D eigenvalue weighted by molar-refractivity contribution is -0.146. The van der Waals surface area contributed by atoms with Crippen molar-refractivity contribution in [2.45, 2.75) is 29.6 Å². The molecule has 0 aliphatic heterocycles. The first-order valence-corrected chi connectivity index (χ1v) is 12.8. The molecule has 0 unspecified atom stereocenters. The van der Waals surface area contributed by atoms with E-state index >= 15 is 0 Å². The van der Waals surface area contributed by atoms with Crippen LogP contribution in [0.2, 0.25) is 0 Å². The second-order valence-corrected chi connectivity index (χ2v) is 9.12. The van der Waals surface area contributed by atoms with Gasteiger partial charge in [-0.05, 0) is 66.2 Å². The highest BCUT2D eigenvalue weighted by Gasteiger charge is 2.15. The molecular formula is C27H27N5O5S. The third kappa shape index (κ3) is 7.10. The van der Waals surface area contributed by atoms with E-state index < -0.39 is 5.97 Å². The second kappa shape index (κ2) is 13.2. The highest BCUT2D eigenvalue weighted by Crippen LogP contribution is 2.40. The van der Waals surface area contributed by atoms with E-state index in [9.17, 15) is 9.59 Å². The van der Waals surface area contributed by atoms with Gasteiger partial charge in [0.25, 0.3) is 5.91 Å². The standard InChI is InChI=1S/C27H27N5O5S/c1-3-4-15-36-25(33)17-37-19-11-9-18(10-12-19)27(34)28-22-14-13-20(35-2)16-24(22)38-23-8-6-5-7-21(23)26-29-31-32-30-26/h5-14,16H,3-4,15,17H2,1-2H3,(H,28,34)(H,29,30,31,32). The SMILES string of the molecule is CCCCOC(=O)COc1ccc(C(=O)Nc2ccc(OC)cc2Sc2ccccc2-c2nn[nH]n2)cc1. The first kappa shape index (κ1) is 26.7. The van der Waals surface area contributed by atoms with Gasteiger partial charge in [0.1, 0.15) is 11.5 Å². The fourth-order valence-corrected chi connectivity index (χ4v) is 4.42. The highest BCUT2D eigenvalue weighted by molar-refractivity contribution is 7.99. The smallest absolute Gasteiger partial charge is 0.344 e. The van der Waals surface area contributed by atoms with Crippen molar-refractivity contribution in [2.24, 2.45) is 0 Å². The lowest BCUT2D eigenvalue weighted by atomic mass is 10.2. The number of benzene rings is 3. The van der Waals surface area contributed by atoms with E-state index in [4.69, 9.17) is 14.2 Å². The van der Waals surface area contributed by atoms with Crippen molar-refractivity contribution in [3.05, 3.63) is 72.3 Å². The minimum Gasteiger partial charge on any atom is -0.497 e. The van der Waals surface area contributed by atoms with Crippen molar-refractivity contribution < 1.29 is 23.8 Å². The van der Waals surface area contributed by atoms with E-state index in [-0.39, 0.29) is 12.5 Å². The fraction of sp³-hybridized carbons (Fsp3) is 0.222. The number of esters is 1. The van der Waals surface area contributed by atoms with Gasteiger partial charge < -0.3 is 19.5 Å². The molecule has 0 bridgehead atoms. The summed E-state index contributed by atoms with van der Waals surface area (Å²) in [5.74, 6) is 0.864. The normalized spacial score (nSPS) is 10.6. The quantitative estimate of drug-likeness (QED) is 0.191. The summed E-state index contributed by atoms with van der Waals surface area (Å²) >= 11 is 1.44. The Morgan fingerprint density at radius 1 is 1.00 bits per heavy atom. The molecule has 2 N–H and O–H groups in total. The number of unbranched alkanes of at least 4 members (excludes halogenated alkanes) is 1. The fourth-order valence-electron chi connectivity index (χ4n) is 3.36. The van der Waals surface area contributed by atoms with Crippen molar-refractivity contribution >= 4 is 29.3 Å². The maximum Gasteiger partial charge on any atom is 0.344 e. The molecule has 1 amide bonds. The maximum atomic E-state index is 13.1. The van der Waals surface area contributed by atoms with Crippen LogP contribution in [0.3, 0.4) is 0 Å². The molecule has 4 rings (SSSR count). The topological polar surface area (TPSA) is 128 Å². The first-order valence-electron chi connectivity index (χ1n) is 12.0. The number of amides is 1. The van der Waals surface area contributed by atoms with Gasteiger partial charge in [0.15, 0.2) is 6.61 Å². The van der Waals surface area contributed by atoms with Gasteiger partial charge in [-0.15, -0.1) is 10.2 Å². The van der Waals surface area contributed by atoms with E-state index in [1.807, 2.05) is 37.3 Å². The number of nitrogens with zero attached hydrogens (tertiary/aromatic N) is 3. The largest absolute Gasteiger partial charge is 0.497 e. The van der Waals surface area contributed by atoms with Crippen molar-refractivity contribution in [2.75, 3.05) is 25.6 Å². The summed E-state index contributed by atoms with van der Waals surface area (Å²) in [6.45, 7) is 2.22. The number of carbonyl (C=O) groups is 2. The number of H-pyrrole nitrogens is 1. The maximum absolute atomic E-state index is 13.1. The molecule has 11 heteroatoms. The molecule has 1 heterocycles. The average molecular weight is 534 g/mol. The Kier molecular flexibility index (Phi) is 9.30. The molecule has 38 heavy (non-hydrogen) atoms. The van der Waals surface area contributed by atoms with Crippen LogP contribution < -0.4 is 14.8 Å². The highest BCUT2D eigenvalue weighted by atomic mass is 32.2. The van der Waals surface area contributed by atoms with Crippen LogP contribution in [0.4, 0.5) is 5.69 Å². The Morgan fingerprint density at radius 3 is 2.53 bits per heavy atom. The zero-order valence-corrected chi connectivity index (χ0v) is 21.8. The van der Waals surface area contributed by atoms with Crippen LogP contribution in [0, 0.1) is 0 Å². The Labute approximate surface area is 224 Å². The molecule has 4 aromatic rings. The Hall–Kier alpha value is -4.38. The molecule has 0 fully saturated rings. The summed E-state index contributed by atoms with van der Waals surface area (Å²) in [7, 11) is 1.59. The third-order valence-corrected chi connectivity index (χ3v) is 6.50. The predicted octanol–water partition coefficient (Wildman–Crippen LogP) is 5.00. The van der Waals surface area contributed by atoms with Crippen molar-refractivity contribution in [1.29, 1.82) is 0 Å². The zero-order chi connectivity index (χ0) is 26.7. The molecule has 3 aromatic carbocycles. The number of anilines is 1. The van der Waals surface area contributed by atoms with E-state index in [1.54, 1.807) is 43.5 Å². The Morgan fingerprint density at radius 2 is 1.79 bits per heavy atom. The molecule has 0 saturated heterocycles. The number of aromatic amines is 1. The van der Waals surface area contributed by atoms with Crippen molar-refractivity contribution in [3.63, 3.8) is 0 Å². The summed E-state index contributed by atoms with van der Waals surface area (Å²) in [6.07, 6.45) is 1.76. The third-order valence-electron chi connectivity index (χ3n) is 5.36. The Balaban J connectivity index is 1.46. The van der Waals surface area contributed by atoms with Crippen LogP contribution in [0.5, 0.6) is 11.5 Å². The van der Waals surface area contributed by atoms with Gasteiger partial charge in [0.05, 0.1) is 19.4 Å². The van der Waals surface area contributed by atoms with Gasteiger partial charge in [0.2, 0.25) is 5.82 Å². The number of aromatic nitrogens is 4. The molecule has 0 atom stereocenters. The van der Waals surface area contributed by atoms with Gasteiger partial charge in [-0.3, -0.25) is 4.79 Å². The molecule has 196 valence electrons. The lowest BCUT2D eigenvalue weighted by Gasteiger charge is -2.14. The van der Waals surface area contributed by atoms with Crippen molar-refractivity contribution in [1.82, 2.24) is 20.6 Å². The minimum atomic E-state index is -0.425. The number of tetrazole rings is 1. The summed E-state index contributed by atoms with van der Waals surface area (Å²) in [4.78, 5) is 26.4. The molecule has 0 radical (unpaired) electrons. The monoisotopic (exact) mass is 533 g/mol. The van der Waals surface area contributed by atoms with Crippen molar-refractivity contribution in [3.8, 4) is 22.9 Å². The van der Waals surface area contributed by atoms with E-state index in [0.29, 0.717) is 35.2 Å². The summed E-state index contributed by atoms with van der Waals surface area (Å²) in [5.41, 5.74) is 1.84. The average Bonchev–Trinajstić information content (AvgIpc) is 3.48. The number of carbonyl (C=O) groups excluding carboxylic acids is 2. The number of hydrogen-bond acceptors (Lipinski definition) is 9. The van der Waals surface area contributed by atoms with E-state index in [2.05, 4.69) is 25.9 Å². The van der Waals surface area contributed by atoms with Gasteiger partial charge in [-0.25, -0.2) is 4.79 Å². The first-order chi connectivity index (χ1) is 18.6. The number of nitrogens with one attached hydrogen (secondary N) is 2. The number of methoxy groups -OCH3 is 1. The van der Waals surface area contributed by atoms with Gasteiger partial charge >= 0.3 is 5.97 Å². The molecule has 0 saturated carbocycles. The molecule has 0 aliphatic rings. The summed E-state index contributed by atoms with van der Waals surface area (Å²) < 4.78 is 16.0. The molecular weight excluding hydrogens is 506 g/mol. The lowest BCUT2D eigenvalue weighted by Crippen LogP contribution is -2.16. The van der Waals surface area contributed by atoms with Gasteiger partial charge in [-0.1, -0.05) is 37.2 Å². The van der Waals surface area contributed by atoms with Crippen LogP contribution in [0.1, 0.15) is 30.1 Å². The van der Waals surface area contributed by atoms with Crippen LogP contribution in [0.15, 0.2) is 76.5 Å². The zero-order valence-electron chi connectivity index (χ0n) is 21.0. The van der Waals surface area contributed by atoms with E-state index in [1.165, 1.54) is 11.8 Å². The van der Waals surface area contributed by atoms with Crippen LogP contribution in [-0.2, 0) is 9.53 Å². The number of hydrogen-bond donors (Lipinski definition) is 2. The molecule has 0 aliphatic carbocycles. The molecule has 1 aromatic heterocycles. The number of ether oxygens (including phenoxy) is 3. The predicted molar refractivity (Wildman–Crippen MR) is 142 cm³/mol. The second-order valence-electron chi connectivity index (χ2n) is 8.04. The van der Waals surface area contributed by atoms with Crippen LogP contribution in [0.25, 0.3) is 11.4 Å². The van der Waals surface area contributed by atoms with Crippen LogP contribution >= 0.6 is 11.8 Å². The summed E-state index contributed by atoms with van der Waals surface area (Å²) in [5, 5.41) is 17.3.